The van der Waals surface area contributed by atoms with E-state index in [1.165, 1.54) is 0 Å². The highest BCUT2D eigenvalue weighted by Gasteiger charge is 2.15. The smallest absolute Gasteiger partial charge is 0.304 e. The Labute approximate surface area is 97.3 Å². The Hall–Kier alpha value is -1.55. The minimum Gasteiger partial charge on any atom is -0.481 e. The number of nitrogens with one attached hydrogen (secondary N) is 1. The molecule has 16 heavy (non-hydrogen) atoms. The first-order valence-electron chi connectivity index (χ1n) is 4.94. The molecular weight excluding hydrogens is 228 g/mol. The summed E-state index contributed by atoms with van der Waals surface area (Å²) in [5.74, 6) is -0.328. The molecule has 0 fully saturated rings. The van der Waals surface area contributed by atoms with Gasteiger partial charge in [0.2, 0.25) is 0 Å². The number of carboxylic acids is 1. The van der Waals surface area contributed by atoms with E-state index < -0.39 is 5.97 Å². The Balaban J connectivity index is 2.39. The minimum absolute atomic E-state index is 0.0530. The maximum Gasteiger partial charge on any atom is 0.304 e. The van der Waals surface area contributed by atoms with Gasteiger partial charge >= 0.3 is 5.97 Å². The molecule has 0 radical (unpaired) electrons. The fraction of sp³-hybridized carbons (Fsp3) is 0.273. The number of aromatic nitrogens is 2. The van der Waals surface area contributed by atoms with Crippen LogP contribution < -0.4 is 0 Å². The molecule has 5 heteroatoms. The van der Waals surface area contributed by atoms with E-state index in [0.29, 0.717) is 16.4 Å². The number of benzene rings is 1. The average Bonchev–Trinajstić information content (AvgIpc) is 2.61. The number of halogens is 1. The maximum atomic E-state index is 10.6. The van der Waals surface area contributed by atoms with E-state index in [1.54, 1.807) is 6.07 Å². The lowest BCUT2D eigenvalue weighted by Gasteiger charge is -2.03. The summed E-state index contributed by atoms with van der Waals surface area (Å²) >= 11 is 5.98. The molecule has 1 unspecified atom stereocenters. The molecule has 0 saturated heterocycles. The maximum absolute atomic E-state index is 10.6. The van der Waals surface area contributed by atoms with Crippen LogP contribution in [-0.4, -0.2) is 21.0 Å². The standard InChI is InChI=1S/C11H11ClN2O2/c1-6(5-9(15)16)11-13-8-4-2-3-7(12)10(8)14-11/h2-4,6H,5H2,1H3,(H,13,14)(H,15,16). The Bertz CT molecular complexity index is 536. The van der Waals surface area contributed by atoms with E-state index >= 15 is 0 Å². The van der Waals surface area contributed by atoms with Crippen molar-refractivity contribution in [3.8, 4) is 0 Å². The van der Waals surface area contributed by atoms with E-state index in [4.69, 9.17) is 16.7 Å². The molecule has 2 N–H and O–H groups in total. The zero-order chi connectivity index (χ0) is 11.7. The van der Waals surface area contributed by atoms with Gasteiger partial charge in [0.15, 0.2) is 0 Å². The van der Waals surface area contributed by atoms with Gasteiger partial charge in [-0.3, -0.25) is 4.79 Å². The Morgan fingerprint density at radius 1 is 1.62 bits per heavy atom. The molecule has 0 aliphatic heterocycles. The number of fused-ring (bicyclic) bond motifs is 1. The highest BCUT2D eigenvalue weighted by molar-refractivity contribution is 6.34. The van der Waals surface area contributed by atoms with Gasteiger partial charge in [0, 0.05) is 5.92 Å². The van der Waals surface area contributed by atoms with Gasteiger partial charge in [0.25, 0.3) is 0 Å². The summed E-state index contributed by atoms with van der Waals surface area (Å²) in [6, 6.07) is 5.45. The lowest BCUT2D eigenvalue weighted by atomic mass is 10.1. The van der Waals surface area contributed by atoms with Gasteiger partial charge in [-0.1, -0.05) is 24.6 Å². The number of nitrogens with zero attached hydrogens (tertiary/aromatic N) is 1. The lowest BCUT2D eigenvalue weighted by Crippen LogP contribution is -2.04. The van der Waals surface area contributed by atoms with Crippen molar-refractivity contribution in [2.24, 2.45) is 0 Å². The van der Waals surface area contributed by atoms with Crippen LogP contribution in [0.4, 0.5) is 0 Å². The van der Waals surface area contributed by atoms with Gasteiger partial charge in [0.1, 0.15) is 11.3 Å². The number of aromatic amines is 1. The highest BCUT2D eigenvalue weighted by Crippen LogP contribution is 2.24. The number of hydrogen-bond acceptors (Lipinski definition) is 2. The van der Waals surface area contributed by atoms with Crippen molar-refractivity contribution in [3.05, 3.63) is 29.0 Å². The quantitative estimate of drug-likeness (QED) is 0.864. The third-order valence-corrected chi connectivity index (χ3v) is 2.73. The highest BCUT2D eigenvalue weighted by atomic mass is 35.5. The van der Waals surface area contributed by atoms with Crippen LogP contribution in [0.2, 0.25) is 5.02 Å². The normalized spacial score (nSPS) is 12.9. The molecule has 0 aliphatic rings. The van der Waals surface area contributed by atoms with E-state index in [-0.39, 0.29) is 12.3 Å². The van der Waals surface area contributed by atoms with Crippen LogP contribution >= 0.6 is 11.6 Å². The number of aliphatic carboxylic acids is 1. The number of hydrogen-bond donors (Lipinski definition) is 2. The first-order valence-corrected chi connectivity index (χ1v) is 5.31. The first-order chi connectivity index (χ1) is 7.58. The number of H-pyrrole nitrogens is 1. The molecule has 1 heterocycles. The monoisotopic (exact) mass is 238 g/mol. The van der Waals surface area contributed by atoms with Crippen LogP contribution in [0.25, 0.3) is 11.0 Å². The van der Waals surface area contributed by atoms with Gasteiger partial charge in [-0.25, -0.2) is 4.98 Å². The third-order valence-electron chi connectivity index (χ3n) is 2.43. The lowest BCUT2D eigenvalue weighted by molar-refractivity contribution is -0.137. The van der Waals surface area contributed by atoms with Gasteiger partial charge in [-0.05, 0) is 12.1 Å². The Morgan fingerprint density at radius 2 is 2.38 bits per heavy atom. The number of para-hydroxylation sites is 1. The molecule has 1 atom stereocenters. The Kier molecular flexibility index (Phi) is 2.83. The molecule has 0 amide bonds. The fourth-order valence-electron chi connectivity index (χ4n) is 1.61. The molecular formula is C11H11ClN2O2. The second kappa shape index (κ2) is 4.14. The van der Waals surface area contributed by atoms with Crippen molar-refractivity contribution >= 4 is 28.6 Å². The number of imidazole rings is 1. The van der Waals surface area contributed by atoms with E-state index in [1.807, 2.05) is 19.1 Å². The van der Waals surface area contributed by atoms with Crippen LogP contribution in [0, 0.1) is 0 Å². The number of carbonyl (C=O) groups is 1. The van der Waals surface area contributed by atoms with Crippen molar-refractivity contribution in [1.29, 1.82) is 0 Å². The molecule has 0 bridgehead atoms. The molecule has 4 nitrogen and oxygen atoms in total. The molecule has 1 aromatic carbocycles. The van der Waals surface area contributed by atoms with Crippen molar-refractivity contribution in [2.45, 2.75) is 19.3 Å². The van der Waals surface area contributed by atoms with Gasteiger partial charge < -0.3 is 10.1 Å². The van der Waals surface area contributed by atoms with Crippen molar-refractivity contribution in [1.82, 2.24) is 9.97 Å². The first kappa shape index (κ1) is 11.0. The van der Waals surface area contributed by atoms with Crippen LogP contribution in [0.5, 0.6) is 0 Å². The minimum atomic E-state index is -0.834. The molecule has 0 spiro atoms. The summed E-state index contributed by atoms with van der Waals surface area (Å²) in [6.07, 6.45) is 0.0530. The summed E-state index contributed by atoms with van der Waals surface area (Å²) in [5.41, 5.74) is 1.52. The van der Waals surface area contributed by atoms with Crippen LogP contribution in [-0.2, 0) is 4.79 Å². The SMILES string of the molecule is CC(CC(=O)O)c1nc2c(Cl)cccc2[nH]1. The fourth-order valence-corrected chi connectivity index (χ4v) is 1.83. The summed E-state index contributed by atoms with van der Waals surface area (Å²) in [6.45, 7) is 1.82. The Morgan fingerprint density at radius 3 is 3.00 bits per heavy atom. The van der Waals surface area contributed by atoms with Crippen molar-refractivity contribution in [3.63, 3.8) is 0 Å². The van der Waals surface area contributed by atoms with Crippen LogP contribution in [0.3, 0.4) is 0 Å². The largest absolute Gasteiger partial charge is 0.481 e. The third kappa shape index (κ3) is 2.02. The van der Waals surface area contributed by atoms with E-state index in [9.17, 15) is 4.79 Å². The molecule has 0 saturated carbocycles. The zero-order valence-corrected chi connectivity index (χ0v) is 9.45. The summed E-state index contributed by atoms with van der Waals surface area (Å²) < 4.78 is 0. The molecule has 2 rings (SSSR count). The summed E-state index contributed by atoms with van der Waals surface area (Å²) in [4.78, 5) is 18.0. The summed E-state index contributed by atoms with van der Waals surface area (Å²) in [5, 5.41) is 9.28. The number of carboxylic acid groups (broad SMARTS) is 1. The average molecular weight is 239 g/mol. The second-order valence-corrected chi connectivity index (χ2v) is 4.16. The van der Waals surface area contributed by atoms with Gasteiger partial charge in [-0.15, -0.1) is 0 Å². The van der Waals surface area contributed by atoms with Gasteiger partial charge in [-0.2, -0.15) is 0 Å². The molecule has 1 aromatic heterocycles. The van der Waals surface area contributed by atoms with E-state index in [0.717, 1.165) is 5.52 Å². The van der Waals surface area contributed by atoms with Crippen LogP contribution in [0.15, 0.2) is 18.2 Å². The summed E-state index contributed by atoms with van der Waals surface area (Å²) in [7, 11) is 0. The van der Waals surface area contributed by atoms with Crippen LogP contribution in [0.1, 0.15) is 25.1 Å². The zero-order valence-electron chi connectivity index (χ0n) is 8.70. The van der Waals surface area contributed by atoms with Gasteiger partial charge in [0.05, 0.1) is 17.0 Å². The molecule has 84 valence electrons. The van der Waals surface area contributed by atoms with Crippen molar-refractivity contribution in [2.75, 3.05) is 0 Å². The van der Waals surface area contributed by atoms with Crippen molar-refractivity contribution < 1.29 is 9.90 Å². The number of rotatable bonds is 3. The molecule has 2 aromatic rings. The topological polar surface area (TPSA) is 66.0 Å². The molecule has 0 aliphatic carbocycles. The predicted octanol–water partition coefficient (Wildman–Crippen LogP) is 2.79. The van der Waals surface area contributed by atoms with E-state index in [2.05, 4.69) is 9.97 Å². The second-order valence-electron chi connectivity index (χ2n) is 3.76. The predicted molar refractivity (Wildman–Crippen MR) is 61.8 cm³/mol.